The normalized spacial score (nSPS) is 55.2. The molecule has 67 heavy (non-hydrogen) atoms. The third-order valence-electron chi connectivity index (χ3n) is 19.3. The fourth-order valence-electron chi connectivity index (χ4n) is 15.0. The van der Waals surface area contributed by atoms with E-state index in [2.05, 4.69) is 40.7 Å². The zero-order valence-corrected chi connectivity index (χ0v) is 39.8. The minimum Gasteiger partial charge on any atom is -0.432 e. The summed E-state index contributed by atoms with van der Waals surface area (Å²) in [5.74, 6) is -0.941. The van der Waals surface area contributed by atoms with Gasteiger partial charge in [-0.1, -0.05) is 53.2 Å². The monoisotopic (exact) mass is 959 g/mol. The van der Waals surface area contributed by atoms with Crippen molar-refractivity contribution in [2.24, 2.45) is 50.2 Å². The fourth-order valence-corrected chi connectivity index (χ4v) is 15.0. The number of allylic oxidation sites excluding steroid dienone is 2. The zero-order chi connectivity index (χ0) is 49.1. The first-order chi connectivity index (χ1) is 31.2. The molecule has 0 radical (unpaired) electrons. The van der Waals surface area contributed by atoms with Crippen molar-refractivity contribution in [2.45, 2.75) is 211 Å². The first-order valence-electron chi connectivity index (χ1n) is 24.4. The Balaban J connectivity index is 1.03. The van der Waals surface area contributed by atoms with Crippen molar-refractivity contribution in [2.75, 3.05) is 19.8 Å². The number of ether oxygens (including phenoxy) is 6. The molecule has 3 heterocycles. The Morgan fingerprint density at radius 3 is 1.93 bits per heavy atom. The van der Waals surface area contributed by atoms with E-state index >= 15 is 0 Å². The lowest BCUT2D eigenvalue weighted by molar-refractivity contribution is -0.341. The standard InChI is InChI=1S/C48H78O19/c1-21-29(52)32(55)36(59)40(63-21)66-38-24(51)17-44(4)27(45(38,5)20-50)10-11-47(7)28(44)9-8-22-23-16-43(2,3)12-14-48(23,15-13-46(22,47)6)42(61)67-41-37(60)34(57)31(54)26(65-41)19-62-39-35(58)33(56)30(53)25(18-49)64-39/h8,21,23-41,49-60H,9-20H2,1-7H3. The van der Waals surface area contributed by atoms with Gasteiger partial charge < -0.3 is 89.7 Å². The van der Waals surface area contributed by atoms with Crippen molar-refractivity contribution >= 4 is 5.97 Å². The molecule has 0 bridgehead atoms. The minimum absolute atomic E-state index is 0.0411. The Labute approximate surface area is 392 Å². The summed E-state index contributed by atoms with van der Waals surface area (Å²) in [4.78, 5) is 15.0. The maximum Gasteiger partial charge on any atom is 0.315 e. The average Bonchev–Trinajstić information content (AvgIpc) is 3.28. The molecule has 5 aliphatic carbocycles. The van der Waals surface area contributed by atoms with E-state index in [-0.39, 0.29) is 35.2 Å². The molecule has 12 N–H and O–H groups in total. The topological polar surface area (TPSA) is 315 Å². The molecule has 3 saturated heterocycles. The summed E-state index contributed by atoms with van der Waals surface area (Å²) < 4.78 is 35.2. The predicted octanol–water partition coefficient (Wildman–Crippen LogP) is -0.889. The Morgan fingerprint density at radius 1 is 0.672 bits per heavy atom. The third-order valence-corrected chi connectivity index (χ3v) is 19.3. The van der Waals surface area contributed by atoms with Crippen molar-refractivity contribution in [3.05, 3.63) is 11.6 Å². The van der Waals surface area contributed by atoms with Crippen LogP contribution in [0.1, 0.15) is 106 Å². The van der Waals surface area contributed by atoms with Gasteiger partial charge in [-0.2, -0.15) is 0 Å². The zero-order valence-electron chi connectivity index (χ0n) is 39.8. The lowest BCUT2D eigenvalue weighted by Gasteiger charge is -2.72. The van der Waals surface area contributed by atoms with Crippen molar-refractivity contribution < 1.29 is 94.5 Å². The summed E-state index contributed by atoms with van der Waals surface area (Å²) in [7, 11) is 0. The molecule has 0 aromatic rings. The van der Waals surface area contributed by atoms with E-state index in [0.717, 1.165) is 12.8 Å². The van der Waals surface area contributed by atoms with Gasteiger partial charge in [0.05, 0.1) is 43.5 Å². The molecule has 0 spiro atoms. The van der Waals surface area contributed by atoms with Crippen LogP contribution < -0.4 is 0 Å². The number of hydrogen-bond acceptors (Lipinski definition) is 19. The first kappa shape index (κ1) is 51.9. The second kappa shape index (κ2) is 18.2. The fraction of sp³-hybridized carbons (Fsp3) is 0.938. The second-order valence-corrected chi connectivity index (χ2v) is 23.5. The number of esters is 1. The molecule has 19 nitrogen and oxygen atoms in total. The molecule has 0 amide bonds. The number of rotatable bonds is 9. The molecule has 8 rings (SSSR count). The van der Waals surface area contributed by atoms with Gasteiger partial charge in [0, 0.05) is 5.41 Å². The van der Waals surface area contributed by atoms with Crippen LogP contribution in [-0.4, -0.2) is 191 Å². The molecular weight excluding hydrogens is 881 g/mol. The number of aliphatic hydroxyl groups is 12. The Kier molecular flexibility index (Phi) is 14.1. The molecule has 3 aliphatic heterocycles. The van der Waals surface area contributed by atoms with Crippen molar-refractivity contribution in [3.8, 4) is 0 Å². The van der Waals surface area contributed by atoms with E-state index in [4.69, 9.17) is 28.4 Å². The van der Waals surface area contributed by atoms with Crippen molar-refractivity contribution in [3.63, 3.8) is 0 Å². The molecular formula is C48H78O19. The Bertz CT molecular complexity index is 1830. The van der Waals surface area contributed by atoms with Gasteiger partial charge in [-0.3, -0.25) is 4.79 Å². The van der Waals surface area contributed by atoms with Crippen molar-refractivity contribution in [1.82, 2.24) is 0 Å². The van der Waals surface area contributed by atoms with Crippen molar-refractivity contribution in [1.29, 1.82) is 0 Å². The molecule has 7 fully saturated rings. The van der Waals surface area contributed by atoms with Crippen LogP contribution in [0.25, 0.3) is 0 Å². The summed E-state index contributed by atoms with van der Waals surface area (Å²) in [6, 6.07) is 0. The summed E-state index contributed by atoms with van der Waals surface area (Å²) >= 11 is 0. The van der Waals surface area contributed by atoms with Crippen LogP contribution in [0.4, 0.5) is 0 Å². The molecule has 19 heteroatoms. The van der Waals surface area contributed by atoms with E-state index in [0.29, 0.717) is 44.9 Å². The summed E-state index contributed by atoms with van der Waals surface area (Å²) in [6.45, 7) is 13.1. The lowest BCUT2D eigenvalue weighted by atomic mass is 9.33. The minimum atomic E-state index is -1.83. The number of carbonyl (C=O) groups is 1. The van der Waals surface area contributed by atoms with Crippen LogP contribution in [0.2, 0.25) is 0 Å². The van der Waals surface area contributed by atoms with Crippen LogP contribution in [0.5, 0.6) is 0 Å². The van der Waals surface area contributed by atoms with Gasteiger partial charge in [-0.15, -0.1) is 0 Å². The number of hydrogen-bond donors (Lipinski definition) is 12. The predicted molar refractivity (Wildman–Crippen MR) is 232 cm³/mol. The highest BCUT2D eigenvalue weighted by molar-refractivity contribution is 5.79. The van der Waals surface area contributed by atoms with E-state index in [1.165, 1.54) is 5.57 Å². The molecule has 25 atom stereocenters. The molecule has 25 unspecified atom stereocenters. The van der Waals surface area contributed by atoms with E-state index in [1.54, 1.807) is 6.92 Å². The van der Waals surface area contributed by atoms with E-state index in [9.17, 15) is 66.1 Å². The number of aliphatic hydroxyl groups excluding tert-OH is 12. The van der Waals surface area contributed by atoms with Crippen LogP contribution in [-0.2, 0) is 33.2 Å². The maximum atomic E-state index is 15.0. The highest BCUT2D eigenvalue weighted by atomic mass is 16.7. The lowest BCUT2D eigenvalue weighted by Crippen LogP contribution is -2.69. The van der Waals surface area contributed by atoms with Crippen LogP contribution in [0.15, 0.2) is 11.6 Å². The highest BCUT2D eigenvalue weighted by Crippen LogP contribution is 2.76. The highest BCUT2D eigenvalue weighted by Gasteiger charge is 2.71. The molecule has 384 valence electrons. The third kappa shape index (κ3) is 8.10. The first-order valence-corrected chi connectivity index (χ1v) is 24.4. The largest absolute Gasteiger partial charge is 0.432 e. The Hall–Kier alpha value is -1.47. The second-order valence-electron chi connectivity index (χ2n) is 23.5. The quantitative estimate of drug-likeness (QED) is 0.0758. The average molecular weight is 959 g/mol. The van der Waals surface area contributed by atoms with Gasteiger partial charge in [0.25, 0.3) is 0 Å². The van der Waals surface area contributed by atoms with Gasteiger partial charge in [0.15, 0.2) is 12.6 Å². The van der Waals surface area contributed by atoms with Gasteiger partial charge in [-0.05, 0) is 104 Å². The Morgan fingerprint density at radius 2 is 1.27 bits per heavy atom. The summed E-state index contributed by atoms with van der Waals surface area (Å²) in [5, 5.41) is 129. The molecule has 8 aliphatic rings. The summed E-state index contributed by atoms with van der Waals surface area (Å²) in [6.07, 6.45) is -17.3. The number of carbonyl (C=O) groups excluding carboxylic acids is 1. The smallest absolute Gasteiger partial charge is 0.315 e. The molecule has 0 aromatic heterocycles. The van der Waals surface area contributed by atoms with Gasteiger partial charge >= 0.3 is 5.97 Å². The van der Waals surface area contributed by atoms with Gasteiger partial charge in [0.1, 0.15) is 67.1 Å². The SMILES string of the molecule is CC1OC(OC2C(O)CC3(C)C(CCC4(C)C3CC=C3C5CC(C)(C)CCC5(C(=O)OC5OC(COC6OC(CO)C(O)C(O)C6O)C(O)C(O)C5O)CCC34C)C2(C)CO)C(O)C(O)C1O. The van der Waals surface area contributed by atoms with Gasteiger partial charge in [-0.25, -0.2) is 0 Å². The van der Waals surface area contributed by atoms with E-state index in [1.807, 2.05) is 6.92 Å². The molecule has 0 aromatic carbocycles. The molecule has 4 saturated carbocycles. The maximum absolute atomic E-state index is 15.0. The van der Waals surface area contributed by atoms with Crippen LogP contribution in [0.3, 0.4) is 0 Å². The summed E-state index contributed by atoms with van der Waals surface area (Å²) in [5.41, 5.74) is -2.19. The van der Waals surface area contributed by atoms with Crippen LogP contribution in [0, 0.1) is 50.2 Å². The van der Waals surface area contributed by atoms with Crippen LogP contribution >= 0.6 is 0 Å². The number of fused-ring (bicyclic) bond motifs is 7. The van der Waals surface area contributed by atoms with E-state index < -0.39 is 145 Å². The van der Waals surface area contributed by atoms with Gasteiger partial charge in [0.2, 0.25) is 6.29 Å².